The first-order valence-corrected chi connectivity index (χ1v) is 6.68. The van der Waals surface area contributed by atoms with Crippen LogP contribution in [0, 0.1) is 17.5 Å². The maximum Gasteiger partial charge on any atom is 0.161 e. The van der Waals surface area contributed by atoms with Crippen LogP contribution in [-0.2, 0) is 6.54 Å². The highest BCUT2D eigenvalue weighted by molar-refractivity contribution is 6.32. The van der Waals surface area contributed by atoms with Gasteiger partial charge in [0.05, 0.1) is 11.6 Å². The molecule has 0 unspecified atom stereocenters. The zero-order valence-electron chi connectivity index (χ0n) is 11.2. The Hall–Kier alpha value is -1.88. The number of rotatable bonds is 5. The van der Waals surface area contributed by atoms with Gasteiger partial charge in [0.25, 0.3) is 0 Å². The number of hydrogen-bond donors (Lipinski definition) is 1. The van der Waals surface area contributed by atoms with Crippen LogP contribution in [0.15, 0.2) is 30.3 Å². The van der Waals surface area contributed by atoms with E-state index in [9.17, 15) is 13.2 Å². The molecule has 2 aromatic carbocycles. The van der Waals surface area contributed by atoms with Crippen molar-refractivity contribution in [2.24, 2.45) is 0 Å². The van der Waals surface area contributed by atoms with Gasteiger partial charge in [-0.1, -0.05) is 11.6 Å². The van der Waals surface area contributed by atoms with Gasteiger partial charge >= 0.3 is 0 Å². The lowest BCUT2D eigenvalue weighted by atomic mass is 10.2. The topological polar surface area (TPSA) is 21.3 Å². The molecule has 0 radical (unpaired) electrons. The molecular weight excluding hydrogens is 303 g/mol. The van der Waals surface area contributed by atoms with Crippen LogP contribution in [-0.4, -0.2) is 6.61 Å². The van der Waals surface area contributed by atoms with Crippen molar-refractivity contribution in [2.45, 2.75) is 13.5 Å². The van der Waals surface area contributed by atoms with Crippen molar-refractivity contribution in [2.75, 3.05) is 11.9 Å². The summed E-state index contributed by atoms with van der Waals surface area (Å²) < 4.78 is 44.7. The molecule has 0 heterocycles. The average molecular weight is 316 g/mol. The first-order chi connectivity index (χ1) is 10.0. The van der Waals surface area contributed by atoms with Crippen molar-refractivity contribution in [1.29, 1.82) is 0 Å². The van der Waals surface area contributed by atoms with E-state index in [0.29, 0.717) is 29.1 Å². The van der Waals surface area contributed by atoms with Gasteiger partial charge in [-0.25, -0.2) is 13.2 Å². The molecule has 2 aromatic rings. The Morgan fingerprint density at radius 2 is 1.76 bits per heavy atom. The first-order valence-electron chi connectivity index (χ1n) is 6.31. The van der Waals surface area contributed by atoms with E-state index in [-0.39, 0.29) is 12.1 Å². The molecule has 0 atom stereocenters. The Morgan fingerprint density at radius 1 is 1.05 bits per heavy atom. The van der Waals surface area contributed by atoms with Crippen LogP contribution >= 0.6 is 11.6 Å². The molecule has 0 aliphatic rings. The summed E-state index contributed by atoms with van der Waals surface area (Å²) in [6.07, 6.45) is 0. The summed E-state index contributed by atoms with van der Waals surface area (Å²) in [6.45, 7) is 2.34. The van der Waals surface area contributed by atoms with Gasteiger partial charge in [0.15, 0.2) is 11.6 Å². The number of hydrogen-bond acceptors (Lipinski definition) is 2. The number of anilines is 1. The van der Waals surface area contributed by atoms with Gasteiger partial charge in [-0.15, -0.1) is 0 Å². The Bertz CT molecular complexity index is 649. The lowest BCUT2D eigenvalue weighted by Gasteiger charge is -2.10. The molecule has 0 fully saturated rings. The summed E-state index contributed by atoms with van der Waals surface area (Å²) in [5.74, 6) is -2.56. The third kappa shape index (κ3) is 3.82. The van der Waals surface area contributed by atoms with Gasteiger partial charge in [-0.05, 0) is 31.2 Å². The second-order valence-corrected chi connectivity index (χ2v) is 4.70. The lowest BCUT2D eigenvalue weighted by Crippen LogP contribution is -2.04. The summed E-state index contributed by atoms with van der Waals surface area (Å²) in [6, 6.07) is 6.35. The molecular formula is C15H13ClF3NO. The molecule has 0 aliphatic carbocycles. The zero-order valence-corrected chi connectivity index (χ0v) is 12.0. The molecule has 0 aromatic heterocycles. The fourth-order valence-electron chi connectivity index (χ4n) is 1.78. The van der Waals surface area contributed by atoms with E-state index in [2.05, 4.69) is 5.32 Å². The van der Waals surface area contributed by atoms with E-state index >= 15 is 0 Å². The van der Waals surface area contributed by atoms with Crippen molar-refractivity contribution in [1.82, 2.24) is 0 Å². The Labute approximate surface area is 125 Å². The SMILES string of the molecule is CCOc1ccc(NCc2cc(F)c(F)cc2F)cc1Cl. The second-order valence-electron chi connectivity index (χ2n) is 4.29. The molecule has 0 amide bonds. The molecule has 112 valence electrons. The maximum atomic E-state index is 13.5. The highest BCUT2D eigenvalue weighted by Crippen LogP contribution is 2.28. The van der Waals surface area contributed by atoms with Crippen LogP contribution in [0.4, 0.5) is 18.9 Å². The lowest BCUT2D eigenvalue weighted by molar-refractivity contribution is 0.340. The van der Waals surface area contributed by atoms with Crippen molar-refractivity contribution in [3.05, 3.63) is 58.4 Å². The fraction of sp³-hybridized carbons (Fsp3) is 0.200. The highest BCUT2D eigenvalue weighted by atomic mass is 35.5. The van der Waals surface area contributed by atoms with Crippen LogP contribution in [0.3, 0.4) is 0 Å². The third-order valence-electron chi connectivity index (χ3n) is 2.80. The molecule has 0 saturated heterocycles. The Morgan fingerprint density at radius 3 is 2.43 bits per heavy atom. The molecule has 6 heteroatoms. The highest BCUT2D eigenvalue weighted by Gasteiger charge is 2.10. The molecule has 0 spiro atoms. The summed E-state index contributed by atoms with van der Waals surface area (Å²) in [5.41, 5.74) is 0.645. The number of ether oxygens (including phenoxy) is 1. The summed E-state index contributed by atoms with van der Waals surface area (Å²) in [7, 11) is 0. The smallest absolute Gasteiger partial charge is 0.161 e. The Balaban J connectivity index is 2.10. The quantitative estimate of drug-likeness (QED) is 0.803. The van der Waals surface area contributed by atoms with Crippen LogP contribution < -0.4 is 10.1 Å². The predicted molar refractivity (Wildman–Crippen MR) is 76.3 cm³/mol. The van der Waals surface area contributed by atoms with Gasteiger partial charge in [0.2, 0.25) is 0 Å². The summed E-state index contributed by atoms with van der Waals surface area (Å²) in [5, 5.41) is 3.30. The minimum Gasteiger partial charge on any atom is -0.492 e. The molecule has 2 rings (SSSR count). The van der Waals surface area contributed by atoms with E-state index in [1.807, 2.05) is 6.92 Å². The van der Waals surface area contributed by atoms with Gasteiger partial charge in [-0.2, -0.15) is 0 Å². The van der Waals surface area contributed by atoms with Crippen molar-refractivity contribution in [3.63, 3.8) is 0 Å². The van der Waals surface area contributed by atoms with E-state index < -0.39 is 17.5 Å². The first kappa shape index (κ1) is 15.5. The number of halogens is 4. The van der Waals surface area contributed by atoms with Gasteiger partial charge in [0, 0.05) is 23.9 Å². The van der Waals surface area contributed by atoms with Crippen LogP contribution in [0.25, 0.3) is 0 Å². The van der Waals surface area contributed by atoms with E-state index in [1.54, 1.807) is 18.2 Å². The van der Waals surface area contributed by atoms with Crippen LogP contribution in [0.2, 0.25) is 5.02 Å². The molecule has 21 heavy (non-hydrogen) atoms. The van der Waals surface area contributed by atoms with Gasteiger partial charge < -0.3 is 10.1 Å². The minimum atomic E-state index is -1.21. The van der Waals surface area contributed by atoms with E-state index in [1.165, 1.54) is 0 Å². The van der Waals surface area contributed by atoms with Crippen LogP contribution in [0.1, 0.15) is 12.5 Å². The fourth-order valence-corrected chi connectivity index (χ4v) is 2.01. The van der Waals surface area contributed by atoms with Crippen molar-refractivity contribution >= 4 is 17.3 Å². The number of nitrogens with one attached hydrogen (secondary N) is 1. The van der Waals surface area contributed by atoms with Crippen molar-refractivity contribution < 1.29 is 17.9 Å². The normalized spacial score (nSPS) is 10.5. The minimum absolute atomic E-state index is 0.00729. The monoisotopic (exact) mass is 315 g/mol. The predicted octanol–water partition coefficient (Wildman–Crippen LogP) is 4.77. The third-order valence-corrected chi connectivity index (χ3v) is 3.10. The van der Waals surface area contributed by atoms with Gasteiger partial charge in [-0.3, -0.25) is 0 Å². The van der Waals surface area contributed by atoms with Crippen LogP contribution in [0.5, 0.6) is 5.75 Å². The molecule has 0 bridgehead atoms. The zero-order chi connectivity index (χ0) is 15.4. The molecule has 0 saturated carbocycles. The summed E-state index contributed by atoms with van der Waals surface area (Å²) >= 11 is 6.02. The van der Waals surface area contributed by atoms with Crippen molar-refractivity contribution in [3.8, 4) is 5.75 Å². The largest absolute Gasteiger partial charge is 0.492 e. The van der Waals surface area contributed by atoms with E-state index in [0.717, 1.165) is 6.07 Å². The molecule has 2 nitrogen and oxygen atoms in total. The standard InChI is InChI=1S/C15H13ClF3NO/c1-2-21-15-4-3-10(6-11(15)16)20-8-9-5-13(18)14(19)7-12(9)17/h3-7,20H,2,8H2,1H3. The Kier molecular flexibility index (Phi) is 4.96. The van der Waals surface area contributed by atoms with Gasteiger partial charge in [0.1, 0.15) is 11.6 Å². The number of benzene rings is 2. The molecule has 0 aliphatic heterocycles. The van der Waals surface area contributed by atoms with E-state index in [4.69, 9.17) is 16.3 Å². The average Bonchev–Trinajstić information content (AvgIpc) is 2.44. The summed E-state index contributed by atoms with van der Waals surface area (Å²) in [4.78, 5) is 0. The molecule has 1 N–H and O–H groups in total. The maximum absolute atomic E-state index is 13.5. The second kappa shape index (κ2) is 6.72.